The van der Waals surface area contributed by atoms with Gasteiger partial charge in [-0.2, -0.15) is 11.3 Å². The molecule has 1 N–H and O–H groups in total. The second-order valence-electron chi connectivity index (χ2n) is 10.5. The largest absolute Gasteiger partial charge is 0.497 e. The molecule has 7 rings (SSSR count). The fraction of sp³-hybridized carbons (Fsp3) is 0.323. The fourth-order valence-electron chi connectivity index (χ4n) is 6.71. The summed E-state index contributed by atoms with van der Waals surface area (Å²) in [5, 5.41) is 17.3. The number of aromatic nitrogens is 1. The van der Waals surface area contributed by atoms with E-state index in [0.717, 1.165) is 52.8 Å². The summed E-state index contributed by atoms with van der Waals surface area (Å²) < 4.78 is 6.39. The molecule has 0 aliphatic carbocycles. The van der Waals surface area contributed by atoms with E-state index in [1.807, 2.05) is 30.5 Å². The number of ether oxygens (including phenoxy) is 1. The number of nitrogens with zero attached hydrogens (tertiary/aromatic N) is 2. The first-order chi connectivity index (χ1) is 17.6. The van der Waals surface area contributed by atoms with Crippen molar-refractivity contribution in [2.75, 3.05) is 20.2 Å². The average Bonchev–Trinajstić information content (AvgIpc) is 3.47. The molecule has 36 heavy (non-hydrogen) atoms. The summed E-state index contributed by atoms with van der Waals surface area (Å²) in [5.41, 5.74) is 5.71. The van der Waals surface area contributed by atoms with Gasteiger partial charge in [0.2, 0.25) is 0 Å². The molecule has 0 spiro atoms. The van der Waals surface area contributed by atoms with Crippen molar-refractivity contribution in [2.24, 2.45) is 11.8 Å². The SMILES string of the molecule is C=CC1C[N+]2(Cc3ccc(-c4ccsc4)cc3)CCC1CC2C(O)c1ccnc2ccc(OC)cc12. The Balaban J connectivity index is 1.36. The number of rotatable bonds is 7. The Morgan fingerprint density at radius 1 is 1.17 bits per heavy atom. The van der Waals surface area contributed by atoms with Crippen LogP contribution in [0.3, 0.4) is 0 Å². The van der Waals surface area contributed by atoms with Gasteiger partial charge in [-0.15, -0.1) is 6.58 Å². The fourth-order valence-corrected chi connectivity index (χ4v) is 7.38. The van der Waals surface area contributed by atoms with E-state index < -0.39 is 6.10 Å². The van der Waals surface area contributed by atoms with Crippen molar-refractivity contribution in [1.82, 2.24) is 4.98 Å². The van der Waals surface area contributed by atoms with Gasteiger partial charge in [0.1, 0.15) is 24.4 Å². The van der Waals surface area contributed by atoms with Gasteiger partial charge in [-0.3, -0.25) is 4.98 Å². The van der Waals surface area contributed by atoms with Crippen molar-refractivity contribution >= 4 is 22.2 Å². The van der Waals surface area contributed by atoms with Crippen molar-refractivity contribution in [3.8, 4) is 16.9 Å². The van der Waals surface area contributed by atoms with Gasteiger partial charge in [-0.25, -0.2) is 0 Å². The third-order valence-electron chi connectivity index (χ3n) is 8.65. The highest BCUT2D eigenvalue weighted by molar-refractivity contribution is 7.08. The molecule has 4 aromatic rings. The Morgan fingerprint density at radius 3 is 2.78 bits per heavy atom. The predicted octanol–water partition coefficient (Wildman–Crippen LogP) is 6.62. The van der Waals surface area contributed by atoms with Crippen LogP contribution in [0.1, 0.15) is 30.1 Å². The predicted molar refractivity (Wildman–Crippen MR) is 147 cm³/mol. The highest BCUT2D eigenvalue weighted by Crippen LogP contribution is 2.48. The van der Waals surface area contributed by atoms with Crippen LogP contribution < -0.4 is 4.74 Å². The van der Waals surface area contributed by atoms with E-state index in [1.54, 1.807) is 18.4 Å². The van der Waals surface area contributed by atoms with E-state index in [1.165, 1.54) is 23.1 Å². The quantitative estimate of drug-likeness (QED) is 0.231. The van der Waals surface area contributed by atoms with Gasteiger partial charge < -0.3 is 14.3 Å². The Bertz CT molecular complexity index is 1370. The molecule has 5 atom stereocenters. The van der Waals surface area contributed by atoms with Gasteiger partial charge in [0.05, 0.1) is 25.7 Å². The maximum Gasteiger partial charge on any atom is 0.131 e. The van der Waals surface area contributed by atoms with Crippen molar-refractivity contribution < 1.29 is 14.3 Å². The molecule has 3 aliphatic heterocycles. The summed E-state index contributed by atoms with van der Waals surface area (Å²) in [7, 11) is 1.68. The standard InChI is InChI=1S/C31H33N2O2S/c1-3-22-19-33(18-21-4-6-23(7-5-21)25-12-15-36-20-25)14-11-24(22)16-30(33)31(34)27-10-13-32-29-9-8-26(35-2)17-28(27)29/h3-10,12-13,15,17,20,22,24,30-31,34H,1,11,14,16,18-19H2,2H3/q+1. The minimum Gasteiger partial charge on any atom is -0.497 e. The monoisotopic (exact) mass is 497 g/mol. The summed E-state index contributed by atoms with van der Waals surface area (Å²) in [4.78, 5) is 4.55. The molecule has 3 fully saturated rings. The van der Waals surface area contributed by atoms with E-state index >= 15 is 0 Å². The minimum atomic E-state index is -0.568. The molecule has 184 valence electrons. The van der Waals surface area contributed by atoms with Gasteiger partial charge in [0.25, 0.3) is 0 Å². The first kappa shape index (κ1) is 23.4. The lowest BCUT2D eigenvalue weighted by molar-refractivity contribution is -0.984. The van der Waals surface area contributed by atoms with E-state index in [2.05, 4.69) is 58.7 Å². The van der Waals surface area contributed by atoms with Gasteiger partial charge in [0, 0.05) is 35.9 Å². The van der Waals surface area contributed by atoms with Crippen LogP contribution in [-0.2, 0) is 6.54 Å². The topological polar surface area (TPSA) is 42.4 Å². The summed E-state index contributed by atoms with van der Waals surface area (Å²) in [5.74, 6) is 1.88. The zero-order chi connectivity index (χ0) is 24.7. The number of hydrogen-bond acceptors (Lipinski definition) is 4. The molecule has 0 amide bonds. The Morgan fingerprint density at radius 2 is 2.03 bits per heavy atom. The molecule has 3 aliphatic rings. The maximum absolute atomic E-state index is 12.0. The second kappa shape index (κ2) is 9.47. The number of pyridine rings is 1. The molecular weight excluding hydrogens is 464 g/mol. The molecule has 4 nitrogen and oxygen atoms in total. The number of quaternary nitrogens is 1. The van der Waals surface area contributed by atoms with Crippen LogP contribution in [0.15, 0.2) is 84.2 Å². The van der Waals surface area contributed by atoms with E-state index in [9.17, 15) is 5.11 Å². The van der Waals surface area contributed by atoms with Gasteiger partial charge in [-0.1, -0.05) is 30.3 Å². The van der Waals surface area contributed by atoms with Crippen LogP contribution in [0, 0.1) is 11.8 Å². The minimum absolute atomic E-state index is 0.133. The zero-order valence-corrected chi connectivity index (χ0v) is 21.5. The number of benzene rings is 2. The first-order valence-electron chi connectivity index (χ1n) is 12.8. The lowest BCUT2D eigenvalue weighted by atomic mass is 9.71. The van der Waals surface area contributed by atoms with Crippen LogP contribution in [0.4, 0.5) is 0 Å². The van der Waals surface area contributed by atoms with Crippen molar-refractivity contribution in [1.29, 1.82) is 0 Å². The summed E-state index contributed by atoms with van der Waals surface area (Å²) in [6, 6.07) is 19.3. The normalized spacial score (nSPS) is 26.1. The third-order valence-corrected chi connectivity index (χ3v) is 9.33. The Labute approximate surface area is 217 Å². The molecule has 5 unspecified atom stereocenters. The van der Waals surface area contributed by atoms with Crippen LogP contribution in [-0.4, -0.2) is 40.8 Å². The highest BCUT2D eigenvalue weighted by atomic mass is 32.1. The highest BCUT2D eigenvalue weighted by Gasteiger charge is 2.54. The number of fused-ring (bicyclic) bond motifs is 4. The Kier molecular flexibility index (Phi) is 6.16. The summed E-state index contributed by atoms with van der Waals surface area (Å²) >= 11 is 1.73. The molecule has 0 radical (unpaired) electrons. The number of aliphatic hydroxyl groups is 1. The van der Waals surface area contributed by atoms with Crippen LogP contribution >= 0.6 is 11.3 Å². The van der Waals surface area contributed by atoms with Crippen LogP contribution in [0.5, 0.6) is 5.75 Å². The van der Waals surface area contributed by atoms with E-state index in [0.29, 0.717) is 11.8 Å². The number of piperidine rings is 3. The van der Waals surface area contributed by atoms with Crippen molar-refractivity contribution in [2.45, 2.75) is 31.5 Å². The smallest absolute Gasteiger partial charge is 0.131 e. The molecule has 5 heteroatoms. The molecular formula is C31H33N2O2S+. The molecule has 2 bridgehead atoms. The maximum atomic E-state index is 12.0. The van der Waals surface area contributed by atoms with Crippen molar-refractivity contribution in [3.63, 3.8) is 0 Å². The number of hydrogen-bond donors (Lipinski definition) is 1. The average molecular weight is 498 g/mol. The summed E-state index contributed by atoms with van der Waals surface area (Å²) in [6.45, 7) is 7.23. The van der Waals surface area contributed by atoms with Gasteiger partial charge in [-0.05, 0) is 63.7 Å². The number of methoxy groups -OCH3 is 1. The van der Waals surface area contributed by atoms with Gasteiger partial charge in [0.15, 0.2) is 0 Å². The molecule has 2 aromatic carbocycles. The lowest BCUT2D eigenvalue weighted by Crippen LogP contribution is -2.67. The molecule has 0 saturated carbocycles. The third kappa shape index (κ3) is 4.05. The number of thiophene rings is 1. The van der Waals surface area contributed by atoms with E-state index in [-0.39, 0.29) is 6.04 Å². The molecule has 3 saturated heterocycles. The lowest BCUT2D eigenvalue weighted by Gasteiger charge is -2.58. The second-order valence-corrected chi connectivity index (χ2v) is 11.3. The Hall–Kier alpha value is -2.99. The number of aliphatic hydroxyl groups excluding tert-OH is 1. The molecule has 2 aromatic heterocycles. The zero-order valence-electron chi connectivity index (χ0n) is 20.7. The summed E-state index contributed by atoms with van der Waals surface area (Å²) in [6.07, 6.45) is 5.62. The van der Waals surface area contributed by atoms with Crippen LogP contribution in [0.2, 0.25) is 0 Å². The first-order valence-corrected chi connectivity index (χ1v) is 13.7. The van der Waals surface area contributed by atoms with Gasteiger partial charge >= 0.3 is 0 Å². The van der Waals surface area contributed by atoms with Crippen LogP contribution in [0.25, 0.3) is 22.0 Å². The molecule has 5 heterocycles. The van der Waals surface area contributed by atoms with E-state index in [4.69, 9.17) is 4.74 Å². The van der Waals surface area contributed by atoms with Crippen molar-refractivity contribution in [3.05, 3.63) is 95.3 Å².